The Morgan fingerprint density at radius 3 is 2.53 bits per heavy atom. The van der Waals surface area contributed by atoms with Crippen molar-refractivity contribution in [1.82, 2.24) is 4.98 Å². The lowest BCUT2D eigenvalue weighted by molar-refractivity contribution is -0.138. The van der Waals surface area contributed by atoms with E-state index in [1.54, 1.807) is 0 Å². The molecule has 0 radical (unpaired) electrons. The molecule has 0 atom stereocenters. The Balaban J connectivity index is 0.000000224. The van der Waals surface area contributed by atoms with Crippen LogP contribution < -0.4 is 0 Å². The molecular formula is C15H20BrNO2. The van der Waals surface area contributed by atoms with E-state index in [1.165, 1.54) is 22.0 Å². The highest BCUT2D eigenvalue weighted by molar-refractivity contribution is 9.08. The summed E-state index contributed by atoms with van der Waals surface area (Å²) >= 11 is 3.48. The first-order chi connectivity index (χ1) is 8.87. The molecule has 0 saturated carbocycles. The van der Waals surface area contributed by atoms with Crippen molar-refractivity contribution in [3.63, 3.8) is 0 Å². The number of rotatable bonds is 2. The minimum absolute atomic E-state index is 0.318. The Hall–Kier alpha value is -1.29. The molecule has 1 N–H and O–H groups in total. The third-order valence-electron chi connectivity index (χ3n) is 2.43. The van der Waals surface area contributed by atoms with E-state index in [1.807, 2.05) is 27.0 Å². The van der Waals surface area contributed by atoms with Crippen LogP contribution in [0, 0.1) is 6.92 Å². The summed E-state index contributed by atoms with van der Waals surface area (Å²) < 4.78 is 4.55. The fourth-order valence-electron chi connectivity index (χ4n) is 1.66. The van der Waals surface area contributed by atoms with Crippen LogP contribution in [0.4, 0.5) is 0 Å². The van der Waals surface area contributed by atoms with Crippen molar-refractivity contribution in [2.75, 3.05) is 0 Å². The zero-order chi connectivity index (χ0) is 14.5. The van der Waals surface area contributed by atoms with Gasteiger partial charge in [-0.2, -0.15) is 0 Å². The number of carbonyl (C=O) groups excluding carboxylic acids is 1. The number of hydrogen-bond donors (Lipinski definition) is 1. The number of carbonyl (C=O) groups is 1. The number of aromatic amines is 1. The number of nitrogens with one attached hydrogen (secondary N) is 1. The summed E-state index contributed by atoms with van der Waals surface area (Å²) in [5.41, 5.74) is 3.57. The molecule has 19 heavy (non-hydrogen) atoms. The van der Waals surface area contributed by atoms with Crippen molar-refractivity contribution in [2.24, 2.45) is 0 Å². The summed E-state index contributed by atoms with van der Waals surface area (Å²) in [5, 5.41) is 2.20. The Morgan fingerprint density at radius 2 is 2.05 bits per heavy atom. The first kappa shape index (κ1) is 15.8. The second kappa shape index (κ2) is 6.75. The van der Waals surface area contributed by atoms with E-state index >= 15 is 0 Å². The van der Waals surface area contributed by atoms with Crippen LogP contribution in [0.25, 0.3) is 10.9 Å². The van der Waals surface area contributed by atoms with E-state index in [-0.39, 0.29) is 5.60 Å². The molecule has 2 aromatic rings. The van der Waals surface area contributed by atoms with Crippen molar-refractivity contribution >= 4 is 33.3 Å². The average Bonchev–Trinajstić information content (AvgIpc) is 2.74. The second-order valence-electron chi connectivity index (χ2n) is 5.33. The van der Waals surface area contributed by atoms with Gasteiger partial charge in [0.25, 0.3) is 6.47 Å². The highest BCUT2D eigenvalue weighted by atomic mass is 79.9. The average molecular weight is 326 g/mol. The molecule has 0 spiro atoms. The summed E-state index contributed by atoms with van der Waals surface area (Å²) in [5.74, 6) is 0. The van der Waals surface area contributed by atoms with Gasteiger partial charge in [0.2, 0.25) is 0 Å². The van der Waals surface area contributed by atoms with Gasteiger partial charge in [0.05, 0.1) is 0 Å². The SMILES string of the molecule is CC(C)(C)OC=O.Cc1cc(CBr)c2[nH]ccc2c1. The number of aryl methyl sites for hydroxylation is 1. The Kier molecular flexibility index (Phi) is 5.60. The maximum atomic E-state index is 9.60. The van der Waals surface area contributed by atoms with E-state index in [0.717, 1.165) is 5.33 Å². The lowest BCUT2D eigenvalue weighted by Gasteiger charge is -2.14. The summed E-state index contributed by atoms with van der Waals surface area (Å²) in [6.45, 7) is 8.04. The van der Waals surface area contributed by atoms with Gasteiger partial charge in [0.15, 0.2) is 0 Å². The van der Waals surface area contributed by atoms with E-state index in [2.05, 4.69) is 50.8 Å². The predicted octanol–water partition coefficient (Wildman–Crippen LogP) is 4.33. The van der Waals surface area contributed by atoms with Gasteiger partial charge in [-0.25, -0.2) is 0 Å². The standard InChI is InChI=1S/C10H10BrN.C5H10O2/c1-7-4-8-2-3-12-10(8)9(5-7)6-11;1-5(2,3)7-4-6/h2-5,12H,6H2,1H3;4H,1-3H3. The number of H-pyrrole nitrogens is 1. The van der Waals surface area contributed by atoms with Crippen LogP contribution in [-0.4, -0.2) is 17.1 Å². The van der Waals surface area contributed by atoms with Crippen molar-refractivity contribution in [3.8, 4) is 0 Å². The third kappa shape index (κ3) is 5.07. The smallest absolute Gasteiger partial charge is 0.293 e. The van der Waals surface area contributed by atoms with E-state index in [4.69, 9.17) is 0 Å². The fourth-order valence-corrected chi connectivity index (χ4v) is 2.11. The van der Waals surface area contributed by atoms with Crippen LogP contribution in [0.5, 0.6) is 0 Å². The normalized spacial score (nSPS) is 10.8. The van der Waals surface area contributed by atoms with E-state index < -0.39 is 0 Å². The molecule has 4 heteroatoms. The number of aromatic nitrogens is 1. The zero-order valence-electron chi connectivity index (χ0n) is 11.8. The van der Waals surface area contributed by atoms with Gasteiger partial charge < -0.3 is 9.72 Å². The first-order valence-electron chi connectivity index (χ1n) is 6.11. The van der Waals surface area contributed by atoms with Gasteiger partial charge >= 0.3 is 0 Å². The van der Waals surface area contributed by atoms with Gasteiger partial charge in [0.1, 0.15) is 5.60 Å². The Labute approximate surface area is 122 Å². The quantitative estimate of drug-likeness (QED) is 0.659. The third-order valence-corrected chi connectivity index (χ3v) is 3.04. The Bertz CT molecular complexity index is 541. The molecule has 0 saturated heterocycles. The maximum absolute atomic E-state index is 9.60. The fraction of sp³-hybridized carbons (Fsp3) is 0.400. The largest absolute Gasteiger partial charge is 0.462 e. The molecule has 0 fully saturated rings. The topological polar surface area (TPSA) is 42.1 Å². The molecule has 1 heterocycles. The highest BCUT2D eigenvalue weighted by Gasteiger charge is 2.07. The minimum atomic E-state index is -0.318. The first-order valence-corrected chi connectivity index (χ1v) is 7.23. The lowest BCUT2D eigenvalue weighted by Crippen LogP contribution is -2.17. The summed E-state index contributed by atoms with van der Waals surface area (Å²) in [6, 6.07) is 6.50. The van der Waals surface area contributed by atoms with Crippen LogP contribution >= 0.6 is 15.9 Å². The molecule has 0 bridgehead atoms. The lowest BCUT2D eigenvalue weighted by atomic mass is 10.1. The molecule has 0 aliphatic heterocycles. The van der Waals surface area contributed by atoms with Crippen molar-refractivity contribution < 1.29 is 9.53 Å². The molecule has 3 nitrogen and oxygen atoms in total. The van der Waals surface area contributed by atoms with Gasteiger partial charge in [-0.1, -0.05) is 27.6 Å². The monoisotopic (exact) mass is 325 g/mol. The van der Waals surface area contributed by atoms with Crippen molar-refractivity contribution in [3.05, 3.63) is 35.5 Å². The Morgan fingerprint density at radius 1 is 1.37 bits per heavy atom. The second-order valence-corrected chi connectivity index (χ2v) is 5.89. The molecule has 1 aromatic heterocycles. The van der Waals surface area contributed by atoms with Crippen LogP contribution in [-0.2, 0) is 14.9 Å². The van der Waals surface area contributed by atoms with Gasteiger partial charge in [-0.05, 0) is 50.8 Å². The van der Waals surface area contributed by atoms with Crippen molar-refractivity contribution in [2.45, 2.75) is 38.6 Å². The number of hydrogen-bond acceptors (Lipinski definition) is 2. The minimum Gasteiger partial charge on any atom is -0.462 e. The molecule has 0 amide bonds. The van der Waals surface area contributed by atoms with Gasteiger partial charge in [-0.15, -0.1) is 0 Å². The molecule has 104 valence electrons. The van der Waals surface area contributed by atoms with Crippen LogP contribution in [0.15, 0.2) is 24.4 Å². The summed E-state index contributed by atoms with van der Waals surface area (Å²) in [6.07, 6.45) is 1.98. The van der Waals surface area contributed by atoms with E-state index in [9.17, 15) is 4.79 Å². The molecule has 0 aliphatic rings. The van der Waals surface area contributed by atoms with E-state index in [0.29, 0.717) is 6.47 Å². The molecule has 0 aliphatic carbocycles. The highest BCUT2D eigenvalue weighted by Crippen LogP contribution is 2.21. The number of benzene rings is 1. The molecular weight excluding hydrogens is 306 g/mol. The summed E-state index contributed by atoms with van der Waals surface area (Å²) in [7, 11) is 0. The number of alkyl halides is 1. The van der Waals surface area contributed by atoms with Crippen LogP contribution in [0.2, 0.25) is 0 Å². The van der Waals surface area contributed by atoms with Crippen LogP contribution in [0.1, 0.15) is 31.9 Å². The van der Waals surface area contributed by atoms with Crippen LogP contribution in [0.3, 0.4) is 0 Å². The maximum Gasteiger partial charge on any atom is 0.293 e. The number of fused-ring (bicyclic) bond motifs is 1. The zero-order valence-corrected chi connectivity index (χ0v) is 13.4. The van der Waals surface area contributed by atoms with Gasteiger partial charge in [-0.3, -0.25) is 4.79 Å². The molecule has 1 aromatic carbocycles. The molecule has 2 rings (SSSR count). The molecule has 0 unspecified atom stereocenters. The predicted molar refractivity (Wildman–Crippen MR) is 82.6 cm³/mol. The summed E-state index contributed by atoms with van der Waals surface area (Å²) in [4.78, 5) is 12.8. The van der Waals surface area contributed by atoms with Crippen molar-refractivity contribution in [1.29, 1.82) is 0 Å². The number of halogens is 1. The number of ether oxygens (including phenoxy) is 1. The van der Waals surface area contributed by atoms with Gasteiger partial charge in [0, 0.05) is 17.0 Å².